The number of pyridine rings is 1. The minimum atomic E-state index is -1.22. The summed E-state index contributed by atoms with van der Waals surface area (Å²) in [5, 5.41) is 13.3. The molecule has 3 saturated heterocycles. The first-order valence-corrected chi connectivity index (χ1v) is 14.6. The Hall–Kier alpha value is -3.80. The van der Waals surface area contributed by atoms with E-state index in [4.69, 9.17) is 10.5 Å². The molecule has 42 heavy (non-hydrogen) atoms. The van der Waals surface area contributed by atoms with Crippen molar-refractivity contribution in [2.24, 2.45) is 0 Å². The fourth-order valence-electron chi connectivity index (χ4n) is 6.57. The van der Waals surface area contributed by atoms with Gasteiger partial charge in [-0.2, -0.15) is 15.2 Å². The van der Waals surface area contributed by atoms with Gasteiger partial charge in [0.1, 0.15) is 40.9 Å². The molecule has 0 saturated carbocycles. The summed E-state index contributed by atoms with van der Waals surface area (Å²) in [5.41, 5.74) is 4.85. The van der Waals surface area contributed by atoms with Crippen LogP contribution in [0.5, 0.6) is 6.01 Å². The van der Waals surface area contributed by atoms with Crippen molar-refractivity contribution >= 4 is 43.1 Å². The second kappa shape index (κ2) is 10.2. The molecule has 3 fully saturated rings. The number of nitrogen functional groups attached to an aromatic ring is 1. The number of alkyl halides is 1. The van der Waals surface area contributed by atoms with Crippen LogP contribution in [0.15, 0.2) is 12.3 Å². The van der Waals surface area contributed by atoms with Gasteiger partial charge in [-0.05, 0) is 25.5 Å². The molecule has 218 valence electrons. The average molecular weight is 599 g/mol. The summed E-state index contributed by atoms with van der Waals surface area (Å²) in [5.74, 6) is -2.86. The third-order valence-electron chi connectivity index (χ3n) is 8.54. The highest BCUT2D eigenvalue weighted by molar-refractivity contribution is 7.23. The van der Waals surface area contributed by atoms with Crippen LogP contribution in [0.4, 0.5) is 28.4 Å². The first-order chi connectivity index (χ1) is 20.3. The minimum Gasteiger partial charge on any atom is -0.461 e. The highest BCUT2D eigenvalue weighted by Crippen LogP contribution is 2.44. The zero-order chi connectivity index (χ0) is 29.2. The average Bonchev–Trinajstić information content (AvgIpc) is 3.63. The number of benzene rings is 1. The Kier molecular flexibility index (Phi) is 6.56. The molecule has 9 nitrogen and oxygen atoms in total. The number of hydrogen-bond acceptors (Lipinski definition) is 10. The molecule has 3 aliphatic heterocycles. The molecule has 0 aliphatic carbocycles. The van der Waals surface area contributed by atoms with Crippen LogP contribution in [0.1, 0.15) is 24.8 Å². The van der Waals surface area contributed by atoms with Crippen molar-refractivity contribution in [3.63, 3.8) is 0 Å². The molecule has 0 bridgehead atoms. The molecule has 3 aromatic heterocycles. The molecule has 2 atom stereocenters. The van der Waals surface area contributed by atoms with Gasteiger partial charge in [0.05, 0.1) is 21.2 Å². The predicted molar refractivity (Wildman–Crippen MR) is 151 cm³/mol. The van der Waals surface area contributed by atoms with E-state index >= 15 is 4.39 Å². The molecule has 3 N–H and O–H groups in total. The standard InChI is InChI=1S/C28H26F4N8OS/c29-14-9-28(2-1-5-40(28)12-14)13-41-27-37-23-17(26(38-27)39-6-3-35-4-7-39)11-36-22(21(23)32)15-8-18(30)20(31)24-19(15)16(10-33)25(34)42-24/h8,11,14,35H,1-7,9,12-13,34H2/t14-,28+/m1/s1. The van der Waals surface area contributed by atoms with E-state index in [1.54, 1.807) is 0 Å². The van der Waals surface area contributed by atoms with Gasteiger partial charge in [-0.1, -0.05) is 0 Å². The van der Waals surface area contributed by atoms with Crippen molar-refractivity contribution in [2.75, 3.05) is 56.5 Å². The van der Waals surface area contributed by atoms with Gasteiger partial charge in [0.2, 0.25) is 0 Å². The number of fused-ring (bicyclic) bond motifs is 3. The highest BCUT2D eigenvalue weighted by Gasteiger charge is 2.49. The number of piperazine rings is 1. The maximum atomic E-state index is 16.5. The summed E-state index contributed by atoms with van der Waals surface area (Å²) in [6, 6.07) is 2.67. The van der Waals surface area contributed by atoms with E-state index in [9.17, 15) is 18.4 Å². The normalized spacial score (nSPS) is 22.6. The maximum absolute atomic E-state index is 16.5. The van der Waals surface area contributed by atoms with Gasteiger partial charge in [0.25, 0.3) is 0 Å². The van der Waals surface area contributed by atoms with Crippen molar-refractivity contribution < 1.29 is 22.3 Å². The van der Waals surface area contributed by atoms with Gasteiger partial charge in [-0.25, -0.2) is 17.6 Å². The number of halogens is 4. The lowest BCUT2D eigenvalue weighted by molar-refractivity contribution is 0.107. The molecule has 3 aliphatic rings. The summed E-state index contributed by atoms with van der Waals surface area (Å²) in [7, 11) is 0. The fourth-order valence-corrected chi connectivity index (χ4v) is 7.54. The molecule has 0 amide bonds. The van der Waals surface area contributed by atoms with E-state index in [1.165, 1.54) is 6.20 Å². The summed E-state index contributed by atoms with van der Waals surface area (Å²) in [6.07, 6.45) is 2.53. The molecular weight excluding hydrogens is 572 g/mol. The molecule has 1 aromatic carbocycles. The number of nitrogens with one attached hydrogen (secondary N) is 1. The van der Waals surface area contributed by atoms with Crippen LogP contribution in [-0.4, -0.2) is 77.4 Å². The second-order valence-electron chi connectivity index (χ2n) is 11.0. The van der Waals surface area contributed by atoms with E-state index < -0.39 is 29.2 Å². The Bertz CT molecular complexity index is 1770. The van der Waals surface area contributed by atoms with Gasteiger partial charge in [-0.3, -0.25) is 9.88 Å². The van der Waals surface area contributed by atoms with E-state index in [1.807, 2.05) is 11.0 Å². The lowest BCUT2D eigenvalue weighted by Gasteiger charge is -2.31. The van der Waals surface area contributed by atoms with Crippen molar-refractivity contribution in [1.29, 1.82) is 5.26 Å². The predicted octanol–water partition coefficient (Wildman–Crippen LogP) is 4.14. The van der Waals surface area contributed by atoms with Gasteiger partial charge in [0.15, 0.2) is 17.5 Å². The molecular formula is C28H26F4N8OS. The number of nitriles is 1. The first-order valence-electron chi connectivity index (χ1n) is 13.7. The fraction of sp³-hybridized carbons (Fsp3) is 0.429. The second-order valence-corrected chi connectivity index (χ2v) is 12.0. The highest BCUT2D eigenvalue weighted by atomic mass is 32.1. The topological polar surface area (TPSA) is 116 Å². The quantitative estimate of drug-likeness (QED) is 0.327. The smallest absolute Gasteiger partial charge is 0.319 e. The van der Waals surface area contributed by atoms with Crippen LogP contribution >= 0.6 is 11.3 Å². The summed E-state index contributed by atoms with van der Waals surface area (Å²) >= 11 is 0.713. The Morgan fingerprint density at radius 2 is 2.00 bits per heavy atom. The zero-order valence-corrected chi connectivity index (χ0v) is 23.2. The molecule has 0 unspecified atom stereocenters. The number of anilines is 2. The van der Waals surface area contributed by atoms with Crippen LogP contribution in [0.25, 0.3) is 32.2 Å². The lowest BCUT2D eigenvalue weighted by atomic mass is 9.95. The molecule has 0 radical (unpaired) electrons. The van der Waals surface area contributed by atoms with Crippen molar-refractivity contribution in [2.45, 2.75) is 31.0 Å². The number of hydrogen-bond donors (Lipinski definition) is 2. The van der Waals surface area contributed by atoms with Crippen LogP contribution in [-0.2, 0) is 0 Å². The minimum absolute atomic E-state index is 0.0128. The maximum Gasteiger partial charge on any atom is 0.319 e. The third kappa shape index (κ3) is 4.21. The Balaban J connectivity index is 1.38. The summed E-state index contributed by atoms with van der Waals surface area (Å²) in [4.78, 5) is 17.4. The van der Waals surface area contributed by atoms with Crippen molar-refractivity contribution in [3.05, 3.63) is 35.3 Å². The van der Waals surface area contributed by atoms with Crippen LogP contribution in [0, 0.1) is 28.8 Å². The SMILES string of the molecule is N#Cc1c(N)sc2c(F)c(F)cc(-c3ncc4c(N5CCNCC5)nc(OC[C@@]56CCCN5C[C@H](F)C6)nc4c3F)c12. The number of aromatic nitrogens is 3. The number of rotatable bonds is 5. The molecule has 0 spiro atoms. The van der Waals surface area contributed by atoms with Gasteiger partial charge >= 0.3 is 6.01 Å². The van der Waals surface area contributed by atoms with Crippen LogP contribution in [0.2, 0.25) is 0 Å². The number of nitrogens with zero attached hydrogens (tertiary/aromatic N) is 6. The molecule has 4 aromatic rings. The first kappa shape index (κ1) is 27.1. The largest absolute Gasteiger partial charge is 0.461 e. The van der Waals surface area contributed by atoms with Gasteiger partial charge in [0, 0.05) is 56.3 Å². The Morgan fingerprint density at radius 1 is 1.19 bits per heavy atom. The van der Waals surface area contributed by atoms with Crippen LogP contribution < -0.4 is 20.7 Å². The molecule has 14 heteroatoms. The van der Waals surface area contributed by atoms with Gasteiger partial charge in [-0.15, -0.1) is 11.3 Å². The Morgan fingerprint density at radius 3 is 2.79 bits per heavy atom. The zero-order valence-electron chi connectivity index (χ0n) is 22.4. The van der Waals surface area contributed by atoms with Gasteiger partial charge < -0.3 is 20.7 Å². The van der Waals surface area contributed by atoms with Crippen molar-refractivity contribution in [3.8, 4) is 23.3 Å². The number of ether oxygens (including phenoxy) is 1. The van der Waals surface area contributed by atoms with E-state index in [0.717, 1.165) is 25.5 Å². The van der Waals surface area contributed by atoms with E-state index in [0.29, 0.717) is 61.7 Å². The van der Waals surface area contributed by atoms with E-state index in [-0.39, 0.29) is 50.0 Å². The summed E-state index contributed by atoms with van der Waals surface area (Å²) in [6.45, 7) is 3.88. The lowest BCUT2D eigenvalue weighted by Crippen LogP contribution is -2.44. The molecule has 7 rings (SSSR count). The van der Waals surface area contributed by atoms with Crippen LogP contribution in [0.3, 0.4) is 0 Å². The van der Waals surface area contributed by atoms with Crippen molar-refractivity contribution in [1.82, 2.24) is 25.2 Å². The monoisotopic (exact) mass is 598 g/mol. The number of thiophene rings is 1. The third-order valence-corrected chi connectivity index (χ3v) is 9.55. The Labute approximate surface area is 241 Å². The number of nitrogens with two attached hydrogens (primary N) is 1. The van der Waals surface area contributed by atoms with E-state index in [2.05, 4.69) is 25.2 Å². The summed E-state index contributed by atoms with van der Waals surface area (Å²) < 4.78 is 66.1. The molecule has 6 heterocycles.